The monoisotopic (exact) mass is 654 g/mol. The topological polar surface area (TPSA) is 160 Å². The summed E-state index contributed by atoms with van der Waals surface area (Å²) in [6, 6.07) is 21.0. The molecule has 0 bridgehead atoms. The van der Waals surface area contributed by atoms with E-state index in [0.717, 1.165) is 33.0 Å². The van der Waals surface area contributed by atoms with Crippen LogP contribution < -0.4 is 10.5 Å². The summed E-state index contributed by atoms with van der Waals surface area (Å²) in [4.78, 5) is 49.2. The van der Waals surface area contributed by atoms with Gasteiger partial charge < -0.3 is 9.55 Å². The summed E-state index contributed by atoms with van der Waals surface area (Å²) < 4.78 is 3.34. The predicted octanol–water partition coefficient (Wildman–Crippen LogP) is 4.99. The van der Waals surface area contributed by atoms with Gasteiger partial charge in [-0.05, 0) is 76.9 Å². The number of benzene rings is 3. The number of anilines is 1. The summed E-state index contributed by atoms with van der Waals surface area (Å²) in [5.74, 6) is 0.202. The second kappa shape index (κ2) is 10.4. The quantitative estimate of drug-likeness (QED) is 0.245. The maximum absolute atomic E-state index is 13.7. The molecule has 0 saturated carbocycles. The van der Waals surface area contributed by atoms with E-state index in [-0.39, 0.29) is 23.3 Å². The van der Waals surface area contributed by atoms with Gasteiger partial charge in [-0.3, -0.25) is 19.5 Å². The molecular weight excluding hydrogens is 632 g/mol. The first kappa shape index (κ1) is 28.0. The van der Waals surface area contributed by atoms with Crippen LogP contribution in [-0.4, -0.2) is 56.8 Å². The molecule has 2 N–H and O–H groups in total. The van der Waals surface area contributed by atoms with Crippen molar-refractivity contribution >= 4 is 40.1 Å². The zero-order valence-electron chi connectivity index (χ0n) is 25.1. The number of fused-ring (bicyclic) bond motifs is 3. The van der Waals surface area contributed by atoms with Crippen molar-refractivity contribution in [3.05, 3.63) is 123 Å². The van der Waals surface area contributed by atoms with E-state index in [1.54, 1.807) is 53.2 Å². The maximum Gasteiger partial charge on any atom is 0.267 e. The normalized spacial score (nSPS) is 17.0. The van der Waals surface area contributed by atoms with E-state index in [1.807, 2.05) is 30.3 Å². The Hall–Kier alpha value is -6.21. The lowest BCUT2D eigenvalue weighted by atomic mass is 10.0. The van der Waals surface area contributed by atoms with Crippen LogP contribution in [0.1, 0.15) is 45.2 Å². The van der Waals surface area contributed by atoms with Gasteiger partial charge in [-0.2, -0.15) is 9.78 Å². The fourth-order valence-electron chi connectivity index (χ4n) is 6.92. The molecule has 2 atom stereocenters. The number of H-pyrrole nitrogens is 2. The number of carbonyl (C=O) groups is 2. The van der Waals surface area contributed by atoms with Crippen molar-refractivity contribution < 1.29 is 9.59 Å². The summed E-state index contributed by atoms with van der Waals surface area (Å²) >= 11 is 6.37. The number of nitrogens with zero attached hydrogens (tertiary/aromatic N) is 8. The van der Waals surface area contributed by atoms with E-state index in [2.05, 4.69) is 37.6 Å². The number of imide groups is 1. The van der Waals surface area contributed by atoms with Crippen molar-refractivity contribution in [1.29, 1.82) is 0 Å². The summed E-state index contributed by atoms with van der Waals surface area (Å²) in [6.07, 6.45) is 3.91. The number of aromatic nitrogens is 9. The minimum absolute atomic E-state index is 0.0857. The van der Waals surface area contributed by atoms with Crippen LogP contribution in [0.25, 0.3) is 39.0 Å². The molecule has 3 aromatic carbocycles. The molecule has 0 fully saturated rings. The number of nitrogens with one attached hydrogen (secondary N) is 2. The molecule has 2 amide bonds. The second-order valence-corrected chi connectivity index (χ2v) is 12.4. The van der Waals surface area contributed by atoms with Crippen LogP contribution in [0.4, 0.5) is 5.82 Å². The first-order valence-corrected chi connectivity index (χ1v) is 15.5. The van der Waals surface area contributed by atoms with Crippen molar-refractivity contribution in [1.82, 2.24) is 44.9 Å². The highest BCUT2D eigenvalue weighted by atomic mass is 35.5. The SMILES string of the molecule is C[C@H]1Cc2cc(-c3cc(Cl)ccc3-n3cnnn3)cc(=O)n2[C@@H]1c1ncc(-c2ccc3c(N4C(=O)c5ccccc5C4=O)n[nH]c3c2)[nH]1. The number of aromatic amines is 2. The number of hydrogen-bond acceptors (Lipinski definition) is 8. The third-order valence-corrected chi connectivity index (χ3v) is 9.33. The Morgan fingerprint density at radius 3 is 2.48 bits per heavy atom. The number of rotatable bonds is 5. The number of tetrazole rings is 1. The highest BCUT2D eigenvalue weighted by Gasteiger charge is 2.39. The lowest BCUT2D eigenvalue weighted by Gasteiger charge is -2.17. The van der Waals surface area contributed by atoms with Crippen LogP contribution in [0, 0.1) is 5.92 Å². The molecule has 7 aromatic rings. The predicted molar refractivity (Wildman–Crippen MR) is 176 cm³/mol. The molecule has 4 aromatic heterocycles. The summed E-state index contributed by atoms with van der Waals surface area (Å²) in [6.45, 7) is 2.10. The van der Waals surface area contributed by atoms with E-state index in [4.69, 9.17) is 16.6 Å². The van der Waals surface area contributed by atoms with Crippen LogP contribution >= 0.6 is 11.6 Å². The summed E-state index contributed by atoms with van der Waals surface area (Å²) in [7, 11) is 0. The van der Waals surface area contributed by atoms with Gasteiger partial charge >= 0.3 is 0 Å². The van der Waals surface area contributed by atoms with Crippen molar-refractivity contribution in [3.8, 4) is 28.1 Å². The molecule has 0 spiro atoms. The molecule has 14 heteroatoms. The van der Waals surface area contributed by atoms with Crippen LogP contribution in [-0.2, 0) is 6.42 Å². The van der Waals surface area contributed by atoms with Crippen molar-refractivity contribution in [2.45, 2.75) is 19.4 Å². The number of hydrogen-bond donors (Lipinski definition) is 2. The molecule has 48 heavy (non-hydrogen) atoms. The van der Waals surface area contributed by atoms with Crippen molar-refractivity contribution in [3.63, 3.8) is 0 Å². The van der Waals surface area contributed by atoms with E-state index in [9.17, 15) is 14.4 Å². The van der Waals surface area contributed by atoms with Gasteiger partial charge in [0.1, 0.15) is 12.2 Å². The Morgan fingerprint density at radius 2 is 1.71 bits per heavy atom. The Balaban J connectivity index is 1.04. The molecule has 0 unspecified atom stereocenters. The fourth-order valence-corrected chi connectivity index (χ4v) is 7.09. The number of halogens is 1. The van der Waals surface area contributed by atoms with Crippen LogP contribution in [0.3, 0.4) is 0 Å². The first-order valence-electron chi connectivity index (χ1n) is 15.2. The highest BCUT2D eigenvalue weighted by molar-refractivity contribution is 6.35. The van der Waals surface area contributed by atoms with Gasteiger partial charge in [0.15, 0.2) is 5.82 Å². The van der Waals surface area contributed by atoms with Crippen molar-refractivity contribution in [2.75, 3.05) is 4.90 Å². The summed E-state index contributed by atoms with van der Waals surface area (Å²) in [5.41, 5.74) is 5.84. The van der Waals surface area contributed by atoms with Gasteiger partial charge in [0.25, 0.3) is 17.4 Å². The van der Waals surface area contributed by atoms with Gasteiger partial charge in [0.05, 0.1) is 40.3 Å². The molecule has 0 aliphatic carbocycles. The number of imidazole rings is 1. The molecule has 6 heterocycles. The average molecular weight is 655 g/mol. The van der Waals surface area contributed by atoms with Gasteiger partial charge in [0, 0.05) is 33.3 Å². The zero-order chi connectivity index (χ0) is 32.7. The van der Waals surface area contributed by atoms with Crippen LogP contribution in [0.2, 0.25) is 5.02 Å². The highest BCUT2D eigenvalue weighted by Crippen LogP contribution is 2.38. The maximum atomic E-state index is 13.7. The Labute approximate surface area is 275 Å². The Kier molecular flexibility index (Phi) is 6.08. The number of amides is 2. The minimum Gasteiger partial charge on any atom is -0.340 e. The van der Waals surface area contributed by atoms with Gasteiger partial charge in [-0.25, -0.2) is 9.88 Å². The van der Waals surface area contributed by atoms with E-state index < -0.39 is 11.8 Å². The zero-order valence-corrected chi connectivity index (χ0v) is 25.9. The Bertz CT molecular complexity index is 2480. The molecule has 13 nitrogen and oxygen atoms in total. The smallest absolute Gasteiger partial charge is 0.267 e. The van der Waals surface area contributed by atoms with Crippen LogP contribution in [0.15, 0.2) is 90.1 Å². The first-order chi connectivity index (χ1) is 23.4. The average Bonchev–Trinajstić information content (AvgIpc) is 3.93. The molecule has 0 radical (unpaired) electrons. The lowest BCUT2D eigenvalue weighted by Crippen LogP contribution is -2.29. The molecule has 2 aliphatic heterocycles. The van der Waals surface area contributed by atoms with Gasteiger partial charge in [0.2, 0.25) is 0 Å². The van der Waals surface area contributed by atoms with Gasteiger partial charge in [-0.15, -0.1) is 5.10 Å². The molecule has 0 saturated heterocycles. The minimum atomic E-state index is -0.403. The van der Waals surface area contributed by atoms with Gasteiger partial charge in [-0.1, -0.05) is 36.7 Å². The third kappa shape index (κ3) is 4.17. The lowest BCUT2D eigenvalue weighted by molar-refractivity contribution is 0.0925. The van der Waals surface area contributed by atoms with Crippen molar-refractivity contribution in [2.24, 2.45) is 5.92 Å². The largest absolute Gasteiger partial charge is 0.340 e. The second-order valence-electron chi connectivity index (χ2n) is 12.0. The molecule has 2 aliphatic rings. The van der Waals surface area contributed by atoms with Crippen LogP contribution in [0.5, 0.6) is 0 Å². The standard InChI is InChI=1S/C34H23ClN10O3/c1-17-10-21-11-19(25-14-20(35)7-9-28(25)43-16-37-41-42-43)13-29(46)44(21)30(17)31-36-15-27(38-31)18-6-8-24-26(12-18)39-40-32(24)45-33(47)22-4-2-3-5-23(22)34(45)48/h2-9,11-17,30H,10H2,1H3,(H,36,38)(H,39,40)/t17-,30-/m0/s1. The fraction of sp³-hybridized carbons (Fsp3) is 0.118. The number of pyridine rings is 1. The molecule has 9 rings (SSSR count). The molecule has 234 valence electrons. The molecular formula is C34H23ClN10O3. The van der Waals surface area contributed by atoms with E-state index in [1.165, 1.54) is 11.0 Å². The Morgan fingerprint density at radius 1 is 0.896 bits per heavy atom. The van der Waals surface area contributed by atoms with E-state index >= 15 is 0 Å². The summed E-state index contributed by atoms with van der Waals surface area (Å²) in [5, 5.41) is 20.0. The number of carbonyl (C=O) groups excluding carboxylic acids is 2. The third-order valence-electron chi connectivity index (χ3n) is 9.10. The van der Waals surface area contributed by atoms with E-state index in [0.29, 0.717) is 45.0 Å².